The molecule has 1 heterocycles. The fourth-order valence-corrected chi connectivity index (χ4v) is 3.23. The fourth-order valence-electron chi connectivity index (χ4n) is 2.81. The normalized spacial score (nSPS) is 16.8. The van der Waals surface area contributed by atoms with E-state index >= 15 is 0 Å². The van der Waals surface area contributed by atoms with Gasteiger partial charge >= 0.3 is 0 Å². The van der Waals surface area contributed by atoms with E-state index in [0.29, 0.717) is 25.7 Å². The molecule has 0 aromatic carbocycles. The summed E-state index contributed by atoms with van der Waals surface area (Å²) in [4.78, 5) is 18.5. The molecule has 1 aliphatic heterocycles. The van der Waals surface area contributed by atoms with Crippen LogP contribution in [0.2, 0.25) is 0 Å². The minimum Gasteiger partial charge on any atom is -0.378 e. The molecule has 0 unspecified atom stereocenters. The Morgan fingerprint density at radius 2 is 1.89 bits per heavy atom. The number of amides is 1. The van der Waals surface area contributed by atoms with Crippen LogP contribution in [0.3, 0.4) is 0 Å². The number of nitrogens with one attached hydrogen (secondary N) is 3. The van der Waals surface area contributed by atoms with Crippen LogP contribution in [0.1, 0.15) is 33.1 Å². The first kappa shape index (κ1) is 24.6. The summed E-state index contributed by atoms with van der Waals surface area (Å²) in [5.74, 6) is 0.872. The molecule has 1 saturated heterocycles. The summed E-state index contributed by atoms with van der Waals surface area (Å²) in [7, 11) is -2.99. The molecule has 0 atom stereocenters. The highest BCUT2D eigenvalue weighted by Crippen LogP contribution is 2.09. The average molecular weight is 420 g/mol. The van der Waals surface area contributed by atoms with Crippen molar-refractivity contribution in [3.8, 4) is 0 Å². The minimum absolute atomic E-state index is 0.0318. The third kappa shape index (κ3) is 12.1. The number of carbonyl (C=O) groups is 1. The molecule has 10 heteroatoms. The van der Waals surface area contributed by atoms with E-state index < -0.39 is 9.84 Å². The molecular formula is C18H37N5O4S. The molecule has 1 amide bonds. The molecule has 1 rings (SSSR count). The molecule has 0 saturated carbocycles. The van der Waals surface area contributed by atoms with Gasteiger partial charge in [-0.3, -0.25) is 14.7 Å². The van der Waals surface area contributed by atoms with Gasteiger partial charge in [-0.25, -0.2) is 8.42 Å². The van der Waals surface area contributed by atoms with E-state index in [9.17, 15) is 13.2 Å². The van der Waals surface area contributed by atoms with Crippen molar-refractivity contribution in [1.29, 1.82) is 0 Å². The lowest BCUT2D eigenvalue weighted by atomic mass is 10.1. The number of guanidine groups is 1. The smallest absolute Gasteiger partial charge is 0.234 e. The Balaban J connectivity index is 2.29. The van der Waals surface area contributed by atoms with Crippen LogP contribution in [-0.2, 0) is 19.4 Å². The second-order valence-corrected chi connectivity index (χ2v) is 9.31. The first-order valence-electron chi connectivity index (χ1n) is 10.1. The van der Waals surface area contributed by atoms with Crippen LogP contribution in [0.4, 0.5) is 0 Å². The highest BCUT2D eigenvalue weighted by atomic mass is 32.2. The highest BCUT2D eigenvalue weighted by Gasteiger charge is 2.21. The van der Waals surface area contributed by atoms with Crippen molar-refractivity contribution in [1.82, 2.24) is 20.9 Å². The van der Waals surface area contributed by atoms with Gasteiger partial charge in [0.2, 0.25) is 5.91 Å². The highest BCUT2D eigenvalue weighted by molar-refractivity contribution is 7.90. The van der Waals surface area contributed by atoms with Crippen molar-refractivity contribution in [2.24, 2.45) is 4.99 Å². The first-order valence-corrected chi connectivity index (χ1v) is 12.2. The second kappa shape index (κ2) is 13.7. The summed E-state index contributed by atoms with van der Waals surface area (Å²) in [6.45, 7) is 8.83. The van der Waals surface area contributed by atoms with Crippen molar-refractivity contribution < 1.29 is 17.9 Å². The van der Waals surface area contributed by atoms with E-state index in [-0.39, 0.29) is 18.3 Å². The topological polar surface area (TPSA) is 112 Å². The maximum Gasteiger partial charge on any atom is 0.234 e. The van der Waals surface area contributed by atoms with Gasteiger partial charge in [-0.2, -0.15) is 0 Å². The van der Waals surface area contributed by atoms with Crippen LogP contribution < -0.4 is 16.0 Å². The molecule has 0 aromatic rings. The summed E-state index contributed by atoms with van der Waals surface area (Å²) in [5.41, 5.74) is 0. The molecule has 28 heavy (non-hydrogen) atoms. The van der Waals surface area contributed by atoms with Crippen molar-refractivity contribution in [3.05, 3.63) is 0 Å². The quantitative estimate of drug-likeness (QED) is 0.224. The van der Waals surface area contributed by atoms with Gasteiger partial charge in [0.25, 0.3) is 0 Å². The van der Waals surface area contributed by atoms with E-state index in [1.54, 1.807) is 0 Å². The number of nitrogens with zero attached hydrogens (tertiary/aromatic N) is 2. The number of sulfone groups is 1. The summed E-state index contributed by atoms with van der Waals surface area (Å²) >= 11 is 0. The predicted octanol–water partition coefficient (Wildman–Crippen LogP) is -0.407. The Morgan fingerprint density at radius 1 is 1.18 bits per heavy atom. The van der Waals surface area contributed by atoms with Gasteiger partial charge in [0.15, 0.2) is 5.96 Å². The Bertz CT molecular complexity index is 575. The fraction of sp³-hybridized carbons (Fsp3) is 0.889. The molecule has 1 fully saturated rings. The molecule has 0 bridgehead atoms. The van der Waals surface area contributed by atoms with E-state index in [1.807, 2.05) is 13.8 Å². The van der Waals surface area contributed by atoms with Crippen molar-refractivity contribution >= 4 is 21.7 Å². The Labute approximate surface area is 169 Å². The van der Waals surface area contributed by atoms with Gasteiger partial charge in [-0.05, 0) is 26.2 Å². The van der Waals surface area contributed by atoms with Gasteiger partial charge in [0.05, 0.1) is 32.1 Å². The molecule has 0 radical (unpaired) electrons. The Morgan fingerprint density at radius 3 is 2.50 bits per heavy atom. The lowest BCUT2D eigenvalue weighted by Gasteiger charge is -2.32. The third-order valence-electron chi connectivity index (χ3n) is 4.32. The number of likely N-dealkylation sites (tertiary alicyclic amines) is 1. The summed E-state index contributed by atoms with van der Waals surface area (Å²) in [6.07, 6.45) is 4.06. The number of aliphatic imine (C=N–C) groups is 1. The van der Waals surface area contributed by atoms with Crippen molar-refractivity contribution in [2.75, 3.05) is 64.5 Å². The molecule has 1 aliphatic rings. The lowest BCUT2D eigenvalue weighted by molar-refractivity contribution is -0.122. The van der Waals surface area contributed by atoms with Crippen LogP contribution in [0, 0.1) is 0 Å². The van der Waals surface area contributed by atoms with Crippen LogP contribution in [0.15, 0.2) is 4.99 Å². The van der Waals surface area contributed by atoms with Crippen LogP contribution in [0.5, 0.6) is 0 Å². The molecule has 3 N–H and O–H groups in total. The average Bonchev–Trinajstić information content (AvgIpc) is 2.63. The van der Waals surface area contributed by atoms with Crippen LogP contribution >= 0.6 is 0 Å². The van der Waals surface area contributed by atoms with Gasteiger partial charge in [0, 0.05) is 38.5 Å². The number of hydrogen-bond donors (Lipinski definition) is 3. The second-order valence-electron chi connectivity index (χ2n) is 7.05. The Kier molecular flexibility index (Phi) is 12.1. The molecule has 0 aliphatic carbocycles. The van der Waals surface area contributed by atoms with Crippen molar-refractivity contribution in [2.45, 2.75) is 39.2 Å². The first-order chi connectivity index (χ1) is 13.3. The van der Waals surface area contributed by atoms with Crippen LogP contribution in [-0.4, -0.2) is 95.7 Å². The van der Waals surface area contributed by atoms with E-state index in [1.165, 1.54) is 6.26 Å². The summed E-state index contributed by atoms with van der Waals surface area (Å²) < 4.78 is 27.4. The molecule has 9 nitrogen and oxygen atoms in total. The summed E-state index contributed by atoms with van der Waals surface area (Å²) in [5, 5.41) is 9.58. The molecule has 0 aromatic heterocycles. The van der Waals surface area contributed by atoms with Gasteiger partial charge in [0.1, 0.15) is 9.84 Å². The molecule has 0 spiro atoms. The number of carbonyl (C=O) groups excluding carboxylic acids is 1. The monoisotopic (exact) mass is 419 g/mol. The van der Waals surface area contributed by atoms with Crippen molar-refractivity contribution in [3.63, 3.8) is 0 Å². The molecular weight excluding hydrogens is 382 g/mol. The lowest BCUT2D eigenvalue weighted by Crippen LogP contribution is -2.50. The SMILES string of the molecule is CCCNC(=O)CN1CCC(NC(=NCCOCCS(C)(=O)=O)NCC)CC1. The largest absolute Gasteiger partial charge is 0.378 e. The Hall–Kier alpha value is -1.39. The number of hydrogen-bond acceptors (Lipinski definition) is 6. The summed E-state index contributed by atoms with van der Waals surface area (Å²) in [6, 6.07) is 0.318. The van der Waals surface area contributed by atoms with E-state index in [0.717, 1.165) is 51.4 Å². The number of piperidine rings is 1. The zero-order valence-corrected chi connectivity index (χ0v) is 18.3. The number of ether oxygens (including phenoxy) is 1. The predicted molar refractivity (Wildman–Crippen MR) is 112 cm³/mol. The maximum atomic E-state index is 11.8. The van der Waals surface area contributed by atoms with E-state index in [2.05, 4.69) is 25.8 Å². The minimum atomic E-state index is -2.99. The number of rotatable bonds is 12. The zero-order valence-electron chi connectivity index (χ0n) is 17.5. The van der Waals surface area contributed by atoms with Gasteiger partial charge < -0.3 is 20.7 Å². The van der Waals surface area contributed by atoms with Gasteiger partial charge in [-0.1, -0.05) is 6.92 Å². The maximum absolute atomic E-state index is 11.8. The third-order valence-corrected chi connectivity index (χ3v) is 5.22. The van der Waals surface area contributed by atoms with Crippen LogP contribution in [0.25, 0.3) is 0 Å². The zero-order chi connectivity index (χ0) is 20.8. The standard InChI is InChI=1S/C18H37N5O4S/c1-4-8-20-17(24)15-23-10-6-16(7-11-23)22-18(19-5-2)21-9-12-27-13-14-28(3,25)26/h16H,4-15H2,1-3H3,(H,20,24)(H2,19,21,22). The van der Waals surface area contributed by atoms with Gasteiger partial charge in [-0.15, -0.1) is 0 Å². The van der Waals surface area contributed by atoms with E-state index in [4.69, 9.17) is 4.74 Å². The molecule has 164 valence electrons.